The molecule has 0 aromatic heterocycles. The lowest BCUT2D eigenvalue weighted by molar-refractivity contribution is -0.134. The second-order valence-electron chi connectivity index (χ2n) is 4.64. The third-order valence-corrected chi connectivity index (χ3v) is 3.77. The lowest BCUT2D eigenvalue weighted by Gasteiger charge is -2.21. The smallest absolute Gasteiger partial charge is 0.228 e. The minimum absolute atomic E-state index is 0.119. The van der Waals surface area contributed by atoms with Crippen LogP contribution in [0, 0.1) is 11.3 Å². The van der Waals surface area contributed by atoms with Gasteiger partial charge in [0.25, 0.3) is 0 Å². The van der Waals surface area contributed by atoms with Crippen LogP contribution in [0.15, 0.2) is 0 Å². The molecule has 0 spiro atoms. The van der Waals surface area contributed by atoms with E-state index in [1.165, 1.54) is 0 Å². The molecule has 1 atom stereocenters. The Bertz CT molecular complexity index is 203. The standard InChI is InChI=1S/C10H18BrNO/c1-8(6-11)7-12-5-4-10(2,3)9(12)13/h8H,4-7H2,1-3H3. The van der Waals surface area contributed by atoms with Gasteiger partial charge < -0.3 is 4.90 Å². The molecular formula is C10H18BrNO. The summed E-state index contributed by atoms with van der Waals surface area (Å²) >= 11 is 3.43. The van der Waals surface area contributed by atoms with Gasteiger partial charge in [-0.05, 0) is 12.3 Å². The van der Waals surface area contributed by atoms with Crippen molar-refractivity contribution in [3.63, 3.8) is 0 Å². The van der Waals surface area contributed by atoms with Crippen LogP contribution in [0.3, 0.4) is 0 Å². The number of carbonyl (C=O) groups is 1. The number of carbonyl (C=O) groups excluding carboxylic acids is 1. The number of likely N-dealkylation sites (tertiary alicyclic amines) is 1. The fourth-order valence-corrected chi connectivity index (χ4v) is 1.85. The van der Waals surface area contributed by atoms with Crippen molar-refractivity contribution in [2.75, 3.05) is 18.4 Å². The highest BCUT2D eigenvalue weighted by atomic mass is 79.9. The summed E-state index contributed by atoms with van der Waals surface area (Å²) in [6, 6.07) is 0. The average molecular weight is 248 g/mol. The zero-order valence-electron chi connectivity index (χ0n) is 8.64. The predicted molar refractivity (Wildman–Crippen MR) is 57.9 cm³/mol. The molecule has 1 unspecified atom stereocenters. The minimum atomic E-state index is -0.119. The highest BCUT2D eigenvalue weighted by molar-refractivity contribution is 9.09. The largest absolute Gasteiger partial charge is 0.342 e. The van der Waals surface area contributed by atoms with Crippen LogP contribution < -0.4 is 0 Å². The molecule has 0 bridgehead atoms. The summed E-state index contributed by atoms with van der Waals surface area (Å²) in [6.07, 6.45) is 1.00. The maximum Gasteiger partial charge on any atom is 0.228 e. The van der Waals surface area contributed by atoms with Crippen molar-refractivity contribution in [3.8, 4) is 0 Å². The van der Waals surface area contributed by atoms with E-state index in [4.69, 9.17) is 0 Å². The van der Waals surface area contributed by atoms with E-state index < -0.39 is 0 Å². The van der Waals surface area contributed by atoms with Gasteiger partial charge >= 0.3 is 0 Å². The molecule has 76 valence electrons. The van der Waals surface area contributed by atoms with Crippen molar-refractivity contribution in [3.05, 3.63) is 0 Å². The van der Waals surface area contributed by atoms with Gasteiger partial charge in [-0.25, -0.2) is 0 Å². The van der Waals surface area contributed by atoms with Crippen molar-refractivity contribution in [2.24, 2.45) is 11.3 Å². The van der Waals surface area contributed by atoms with E-state index in [1.54, 1.807) is 0 Å². The van der Waals surface area contributed by atoms with Crippen LogP contribution in [-0.4, -0.2) is 29.2 Å². The van der Waals surface area contributed by atoms with Crippen molar-refractivity contribution in [1.29, 1.82) is 0 Å². The van der Waals surface area contributed by atoms with Crippen molar-refractivity contribution in [2.45, 2.75) is 27.2 Å². The number of hydrogen-bond donors (Lipinski definition) is 0. The van der Waals surface area contributed by atoms with Crippen molar-refractivity contribution in [1.82, 2.24) is 4.90 Å². The van der Waals surface area contributed by atoms with Gasteiger partial charge in [0.15, 0.2) is 0 Å². The molecule has 1 amide bonds. The molecule has 1 rings (SSSR count). The molecule has 1 aliphatic rings. The summed E-state index contributed by atoms with van der Waals surface area (Å²) in [6.45, 7) is 8.06. The summed E-state index contributed by atoms with van der Waals surface area (Å²) in [7, 11) is 0. The number of halogens is 1. The van der Waals surface area contributed by atoms with Gasteiger partial charge in [0.1, 0.15) is 0 Å². The van der Waals surface area contributed by atoms with Crippen LogP contribution in [0.4, 0.5) is 0 Å². The lowest BCUT2D eigenvalue weighted by atomic mass is 9.92. The van der Waals surface area contributed by atoms with E-state index in [9.17, 15) is 4.79 Å². The van der Waals surface area contributed by atoms with Gasteiger partial charge in [0.2, 0.25) is 5.91 Å². The summed E-state index contributed by atoms with van der Waals surface area (Å²) in [5.74, 6) is 0.873. The Labute approximate surface area is 88.8 Å². The molecule has 2 nitrogen and oxygen atoms in total. The van der Waals surface area contributed by atoms with Crippen LogP contribution in [-0.2, 0) is 4.79 Å². The summed E-state index contributed by atoms with van der Waals surface area (Å²) in [5, 5.41) is 0.969. The van der Waals surface area contributed by atoms with Gasteiger partial charge in [-0.15, -0.1) is 0 Å². The monoisotopic (exact) mass is 247 g/mol. The Morgan fingerprint density at radius 2 is 2.23 bits per heavy atom. The molecule has 1 heterocycles. The molecule has 0 aliphatic carbocycles. The normalized spacial score (nSPS) is 23.7. The van der Waals surface area contributed by atoms with Crippen molar-refractivity contribution >= 4 is 21.8 Å². The Kier molecular flexibility index (Phi) is 3.38. The van der Waals surface area contributed by atoms with Gasteiger partial charge in [-0.3, -0.25) is 4.79 Å². The first-order valence-corrected chi connectivity index (χ1v) is 5.95. The van der Waals surface area contributed by atoms with Crippen LogP contribution in [0.5, 0.6) is 0 Å². The van der Waals surface area contributed by atoms with Crippen molar-refractivity contribution < 1.29 is 4.79 Å². The maximum absolute atomic E-state index is 11.8. The number of rotatable bonds is 3. The summed E-state index contributed by atoms with van der Waals surface area (Å²) in [4.78, 5) is 13.8. The highest BCUT2D eigenvalue weighted by Gasteiger charge is 2.38. The lowest BCUT2D eigenvalue weighted by Crippen LogP contribution is -2.34. The Morgan fingerprint density at radius 3 is 2.62 bits per heavy atom. The van der Waals surface area contributed by atoms with Gasteiger partial charge in [0.05, 0.1) is 0 Å². The van der Waals surface area contributed by atoms with E-state index in [1.807, 2.05) is 18.7 Å². The second-order valence-corrected chi connectivity index (χ2v) is 5.29. The van der Waals surface area contributed by atoms with Gasteiger partial charge in [0, 0.05) is 23.8 Å². The number of amides is 1. The number of nitrogens with zero attached hydrogens (tertiary/aromatic N) is 1. The van der Waals surface area contributed by atoms with E-state index in [2.05, 4.69) is 22.9 Å². The third kappa shape index (κ3) is 2.46. The molecule has 1 saturated heterocycles. The number of hydrogen-bond acceptors (Lipinski definition) is 1. The topological polar surface area (TPSA) is 20.3 Å². The average Bonchev–Trinajstić information content (AvgIpc) is 2.32. The van der Waals surface area contributed by atoms with E-state index in [-0.39, 0.29) is 5.41 Å². The first-order chi connectivity index (χ1) is 5.97. The van der Waals surface area contributed by atoms with Crippen LogP contribution in [0.1, 0.15) is 27.2 Å². The Balaban J connectivity index is 2.51. The first-order valence-electron chi connectivity index (χ1n) is 4.82. The van der Waals surface area contributed by atoms with Crippen LogP contribution in [0.2, 0.25) is 0 Å². The SMILES string of the molecule is CC(CBr)CN1CCC(C)(C)C1=O. The molecule has 13 heavy (non-hydrogen) atoms. The summed E-state index contributed by atoms with van der Waals surface area (Å²) in [5.41, 5.74) is -0.119. The van der Waals surface area contributed by atoms with E-state index in [0.29, 0.717) is 11.8 Å². The Hall–Kier alpha value is -0.0500. The fraction of sp³-hybridized carbons (Fsp3) is 0.900. The molecule has 0 radical (unpaired) electrons. The predicted octanol–water partition coefficient (Wildman–Crippen LogP) is 2.28. The minimum Gasteiger partial charge on any atom is -0.342 e. The molecule has 0 aromatic carbocycles. The first kappa shape index (κ1) is 11.0. The molecule has 1 fully saturated rings. The zero-order valence-corrected chi connectivity index (χ0v) is 10.2. The third-order valence-electron chi connectivity index (χ3n) is 2.67. The van der Waals surface area contributed by atoms with E-state index >= 15 is 0 Å². The Morgan fingerprint density at radius 1 is 1.62 bits per heavy atom. The highest BCUT2D eigenvalue weighted by Crippen LogP contribution is 2.30. The second kappa shape index (κ2) is 3.99. The van der Waals surface area contributed by atoms with Crippen LogP contribution >= 0.6 is 15.9 Å². The molecular weight excluding hydrogens is 230 g/mol. The van der Waals surface area contributed by atoms with Gasteiger partial charge in [-0.2, -0.15) is 0 Å². The maximum atomic E-state index is 11.8. The molecule has 0 N–H and O–H groups in total. The van der Waals surface area contributed by atoms with Gasteiger partial charge in [-0.1, -0.05) is 36.7 Å². The van der Waals surface area contributed by atoms with Crippen LogP contribution in [0.25, 0.3) is 0 Å². The fourth-order valence-electron chi connectivity index (χ4n) is 1.65. The molecule has 3 heteroatoms. The summed E-state index contributed by atoms with van der Waals surface area (Å²) < 4.78 is 0. The zero-order chi connectivity index (χ0) is 10.1. The molecule has 1 aliphatic heterocycles. The quantitative estimate of drug-likeness (QED) is 0.701. The molecule has 0 aromatic rings. The number of alkyl halides is 1. The molecule has 0 saturated carbocycles. The van der Waals surface area contributed by atoms with E-state index in [0.717, 1.165) is 24.8 Å².